The Morgan fingerprint density at radius 2 is 1.19 bits per heavy atom. The van der Waals surface area contributed by atoms with Gasteiger partial charge in [-0.15, -0.1) is 0 Å². The van der Waals surface area contributed by atoms with Crippen molar-refractivity contribution in [3.8, 4) is 11.5 Å². The lowest BCUT2D eigenvalue weighted by molar-refractivity contribution is -0.132. The molecule has 0 spiro atoms. The van der Waals surface area contributed by atoms with E-state index in [4.69, 9.17) is 9.47 Å². The van der Waals surface area contributed by atoms with Crippen molar-refractivity contribution >= 4 is 23.9 Å². The van der Waals surface area contributed by atoms with E-state index in [0.29, 0.717) is 18.4 Å². The highest BCUT2D eigenvalue weighted by molar-refractivity contribution is 6.08. The fourth-order valence-corrected chi connectivity index (χ4v) is 2.42. The van der Waals surface area contributed by atoms with Crippen LogP contribution in [0, 0.1) is 0 Å². The van der Waals surface area contributed by atoms with Crippen LogP contribution in [-0.4, -0.2) is 34.1 Å². The molecule has 1 aromatic rings. The molecule has 0 saturated carbocycles. The summed E-state index contributed by atoms with van der Waals surface area (Å²) in [7, 11) is 0. The molecule has 2 N–H and O–H groups in total. The summed E-state index contributed by atoms with van der Waals surface area (Å²) in [5.74, 6) is -5.85. The number of rotatable bonds is 6. The van der Waals surface area contributed by atoms with E-state index in [2.05, 4.69) is 13.2 Å². The van der Waals surface area contributed by atoms with E-state index < -0.39 is 40.8 Å². The van der Waals surface area contributed by atoms with E-state index in [-0.39, 0.29) is 22.5 Å². The Balaban J connectivity index is 2.81. The molecule has 0 unspecified atom stereocenters. The van der Waals surface area contributed by atoms with Gasteiger partial charge in [-0.3, -0.25) is 0 Å². The first-order chi connectivity index (χ1) is 12.1. The van der Waals surface area contributed by atoms with Crippen LogP contribution < -0.4 is 9.47 Å². The number of aromatic carboxylic acids is 2. The van der Waals surface area contributed by atoms with Crippen molar-refractivity contribution in [3.05, 3.63) is 46.6 Å². The van der Waals surface area contributed by atoms with Gasteiger partial charge in [0.15, 0.2) is 11.5 Å². The lowest BCUT2D eigenvalue weighted by Crippen LogP contribution is -2.25. The van der Waals surface area contributed by atoms with Gasteiger partial charge in [0, 0.05) is 16.7 Å². The largest absolute Gasteiger partial charge is 0.478 e. The van der Waals surface area contributed by atoms with Crippen molar-refractivity contribution in [2.24, 2.45) is 0 Å². The van der Waals surface area contributed by atoms with E-state index in [1.165, 1.54) is 13.8 Å². The monoisotopic (exact) mass is 360 g/mol. The molecule has 26 heavy (non-hydrogen) atoms. The second kappa shape index (κ2) is 6.83. The van der Waals surface area contributed by atoms with Crippen molar-refractivity contribution in [2.75, 3.05) is 0 Å². The van der Waals surface area contributed by atoms with Gasteiger partial charge in [-0.25, -0.2) is 19.2 Å². The minimum atomic E-state index is -1.63. The molecule has 1 aliphatic carbocycles. The summed E-state index contributed by atoms with van der Waals surface area (Å²) in [6, 6.07) is 0. The number of hydrogen-bond donors (Lipinski definition) is 2. The maximum absolute atomic E-state index is 11.9. The van der Waals surface area contributed by atoms with Crippen molar-refractivity contribution in [2.45, 2.75) is 26.7 Å². The van der Waals surface area contributed by atoms with Crippen molar-refractivity contribution in [1.82, 2.24) is 0 Å². The van der Waals surface area contributed by atoms with Gasteiger partial charge in [0.1, 0.15) is 5.56 Å². The number of carboxylic acids is 2. The molecule has 0 bridgehead atoms. The molecule has 1 aromatic carbocycles. The van der Waals surface area contributed by atoms with Gasteiger partial charge in [-0.1, -0.05) is 13.2 Å². The first-order valence-electron chi connectivity index (χ1n) is 7.49. The highest BCUT2D eigenvalue weighted by Gasteiger charge is 2.37. The Bertz CT molecular complexity index is 891. The summed E-state index contributed by atoms with van der Waals surface area (Å²) < 4.78 is 10.2. The SMILES string of the molecule is C=C(C)C(=O)Oc1c2c(c(C(=O)O)c(C(=O)O)c1OC(=O)C(=C)C)CC2. The molecule has 0 atom stereocenters. The van der Waals surface area contributed by atoms with Gasteiger partial charge in [-0.2, -0.15) is 0 Å². The van der Waals surface area contributed by atoms with E-state index in [0.717, 1.165) is 0 Å². The lowest BCUT2D eigenvalue weighted by atomic mass is 9.81. The van der Waals surface area contributed by atoms with Crippen LogP contribution in [0.25, 0.3) is 0 Å². The Labute approximate surface area is 148 Å². The van der Waals surface area contributed by atoms with Crippen LogP contribution in [0.2, 0.25) is 0 Å². The van der Waals surface area contributed by atoms with Crippen molar-refractivity contribution in [3.63, 3.8) is 0 Å². The number of hydrogen-bond acceptors (Lipinski definition) is 6. The quantitative estimate of drug-likeness (QED) is 0.449. The second-order valence-corrected chi connectivity index (χ2v) is 5.82. The predicted molar refractivity (Wildman–Crippen MR) is 88.7 cm³/mol. The van der Waals surface area contributed by atoms with Gasteiger partial charge < -0.3 is 19.7 Å². The molecule has 1 aliphatic rings. The Hall–Kier alpha value is -3.42. The van der Waals surface area contributed by atoms with Crippen LogP contribution in [0.4, 0.5) is 0 Å². The third-order valence-electron chi connectivity index (χ3n) is 3.76. The fourth-order valence-electron chi connectivity index (χ4n) is 2.42. The van der Waals surface area contributed by atoms with Crippen LogP contribution in [-0.2, 0) is 22.4 Å². The average molecular weight is 360 g/mol. The van der Waals surface area contributed by atoms with Gasteiger partial charge in [0.2, 0.25) is 0 Å². The maximum Gasteiger partial charge on any atom is 0.340 e. The van der Waals surface area contributed by atoms with Crippen molar-refractivity contribution < 1.29 is 38.9 Å². The summed E-state index contributed by atoms with van der Waals surface area (Å²) in [5.41, 5.74) is -0.706. The van der Waals surface area contributed by atoms with Gasteiger partial charge in [0.25, 0.3) is 0 Å². The number of ether oxygens (including phenoxy) is 2. The first-order valence-corrected chi connectivity index (χ1v) is 7.49. The molecule has 0 heterocycles. The third kappa shape index (κ3) is 3.21. The number of carbonyl (C=O) groups is 4. The summed E-state index contributed by atoms with van der Waals surface area (Å²) in [5, 5.41) is 19.0. The second-order valence-electron chi connectivity index (χ2n) is 5.82. The Morgan fingerprint density at radius 3 is 1.54 bits per heavy atom. The van der Waals surface area contributed by atoms with Crippen LogP contribution in [0.5, 0.6) is 11.5 Å². The molecule has 8 nitrogen and oxygen atoms in total. The minimum Gasteiger partial charge on any atom is -0.478 e. The molecule has 136 valence electrons. The smallest absolute Gasteiger partial charge is 0.340 e. The zero-order valence-corrected chi connectivity index (χ0v) is 14.2. The number of fused-ring (bicyclic) bond motifs is 1. The summed E-state index contributed by atoms with van der Waals surface area (Å²) in [4.78, 5) is 47.2. The molecule has 0 saturated heterocycles. The van der Waals surface area contributed by atoms with Crippen LogP contribution >= 0.6 is 0 Å². The number of carboxylic acid groups (broad SMARTS) is 2. The van der Waals surface area contributed by atoms with E-state index >= 15 is 0 Å². The summed E-state index contributed by atoms with van der Waals surface area (Å²) in [6.45, 7) is 9.55. The third-order valence-corrected chi connectivity index (χ3v) is 3.76. The highest BCUT2D eigenvalue weighted by atomic mass is 16.6. The standard InChI is InChI=1S/C18H16O8/c1-7(2)17(23)25-13-10-6-5-9(10)11(15(19)20)12(16(21)22)14(13)26-18(24)8(3)4/h1,3,5-6H2,2,4H3,(H,19,20)(H,21,22). The molecule has 0 amide bonds. The fraction of sp³-hybridized carbons (Fsp3) is 0.222. The first kappa shape index (κ1) is 18.9. The molecule has 0 aromatic heterocycles. The maximum atomic E-state index is 11.9. The van der Waals surface area contributed by atoms with Crippen LogP contribution in [0.15, 0.2) is 24.3 Å². The normalized spacial score (nSPS) is 11.6. The number of benzene rings is 1. The molecule has 0 aliphatic heterocycles. The number of carbonyl (C=O) groups excluding carboxylic acids is 2. The van der Waals surface area contributed by atoms with E-state index in [1.807, 2.05) is 0 Å². The molecular weight excluding hydrogens is 344 g/mol. The van der Waals surface area contributed by atoms with E-state index in [9.17, 15) is 29.4 Å². The summed E-state index contributed by atoms with van der Waals surface area (Å²) in [6.07, 6.45) is 0.634. The number of esters is 2. The molecule has 8 heteroatoms. The van der Waals surface area contributed by atoms with Crippen LogP contribution in [0.1, 0.15) is 45.7 Å². The predicted octanol–water partition coefficient (Wildman–Crippen LogP) is 2.14. The van der Waals surface area contributed by atoms with Gasteiger partial charge in [0.05, 0.1) is 5.56 Å². The highest BCUT2D eigenvalue weighted by Crippen LogP contribution is 2.46. The molecule has 0 radical (unpaired) electrons. The zero-order chi connectivity index (χ0) is 19.8. The molecule has 0 fully saturated rings. The zero-order valence-electron chi connectivity index (χ0n) is 14.2. The van der Waals surface area contributed by atoms with E-state index in [1.54, 1.807) is 0 Å². The summed E-state index contributed by atoms with van der Waals surface area (Å²) >= 11 is 0. The molecular formula is C18H16O8. The van der Waals surface area contributed by atoms with Crippen molar-refractivity contribution in [1.29, 1.82) is 0 Å². The Kier molecular flexibility index (Phi) is 4.97. The average Bonchev–Trinajstić information content (AvgIpc) is 2.49. The molecule has 2 rings (SSSR count). The van der Waals surface area contributed by atoms with Crippen LogP contribution in [0.3, 0.4) is 0 Å². The van der Waals surface area contributed by atoms with Gasteiger partial charge in [-0.05, 0) is 32.3 Å². The lowest BCUT2D eigenvalue weighted by Gasteiger charge is -2.27. The minimum absolute atomic E-state index is 0.0365. The van der Waals surface area contributed by atoms with Gasteiger partial charge >= 0.3 is 23.9 Å². The Morgan fingerprint density at radius 1 is 0.769 bits per heavy atom. The topological polar surface area (TPSA) is 127 Å².